The van der Waals surface area contributed by atoms with Crippen LogP contribution in [0.4, 0.5) is 39.8 Å². The zero-order valence-electron chi connectivity index (χ0n) is 70.4. The van der Waals surface area contributed by atoms with Gasteiger partial charge in [0.15, 0.2) is 5.69 Å². The molecule has 18 aromatic carbocycles. The zero-order valence-corrected chi connectivity index (χ0v) is 70.4. The number of hydrogen-bond donors (Lipinski definition) is 0. The van der Waals surface area contributed by atoms with Crippen molar-refractivity contribution in [2.45, 2.75) is 52.4 Å². The molecule has 22 rings (SSSR count). The van der Waals surface area contributed by atoms with Gasteiger partial charge >= 0.3 is 0 Å². The summed E-state index contributed by atoms with van der Waals surface area (Å²) in [5, 5.41) is 15.6. The number of rotatable bonds is 13. The van der Waals surface area contributed by atoms with Crippen molar-refractivity contribution >= 4 is 107 Å². The summed E-state index contributed by atoms with van der Waals surface area (Å²) in [6, 6.07) is 153. The summed E-state index contributed by atoms with van der Waals surface area (Å²) in [6.07, 6.45) is 0. The Hall–Kier alpha value is -15.8. The maximum atomic E-state index is 10.8. The Kier molecular flexibility index (Phi) is 18.2. The second-order valence-electron chi connectivity index (χ2n) is 35.4. The molecule has 590 valence electrons. The van der Waals surface area contributed by atoms with Gasteiger partial charge in [-0.15, -0.1) is 0 Å². The highest BCUT2D eigenvalue weighted by atomic mass is 15.2. The summed E-state index contributed by atoms with van der Waals surface area (Å²) < 4.78 is 4.96. The predicted molar refractivity (Wildman–Crippen MR) is 526 cm³/mol. The third kappa shape index (κ3) is 13.0. The minimum atomic E-state index is -0.402. The molecule has 0 unspecified atom stereocenters. The highest BCUT2D eigenvalue weighted by Crippen LogP contribution is 2.57. The minimum Gasteiger partial charge on any atom is -0.310 e. The lowest BCUT2D eigenvalue weighted by Crippen LogP contribution is -2.61. The monoisotopic (exact) mass is 1600 g/mol. The van der Waals surface area contributed by atoms with E-state index in [-0.39, 0.29) is 10.8 Å². The summed E-state index contributed by atoms with van der Waals surface area (Å²) in [4.78, 5) is 9.46. The first-order valence-electron chi connectivity index (χ1n) is 43.1. The van der Waals surface area contributed by atoms with Crippen molar-refractivity contribution in [2.75, 3.05) is 9.80 Å². The van der Waals surface area contributed by atoms with Gasteiger partial charge in [-0.25, -0.2) is 4.85 Å². The van der Waals surface area contributed by atoms with Gasteiger partial charge in [0.05, 0.1) is 51.6 Å². The second-order valence-corrected chi connectivity index (χ2v) is 35.4. The molecule has 0 aliphatic carbocycles. The second kappa shape index (κ2) is 30.1. The van der Waals surface area contributed by atoms with Crippen molar-refractivity contribution in [3.63, 3.8) is 0 Å². The lowest BCUT2D eigenvalue weighted by atomic mass is 9.33. The first-order chi connectivity index (χ1) is 61.2. The van der Waals surface area contributed by atoms with Gasteiger partial charge in [-0.3, -0.25) is 0 Å². The van der Waals surface area contributed by atoms with Crippen molar-refractivity contribution in [3.8, 4) is 118 Å². The lowest BCUT2D eigenvalue weighted by Gasteiger charge is -2.46. The molecule has 0 radical (unpaired) electrons. The van der Waals surface area contributed by atoms with Crippen LogP contribution < -0.4 is 26.2 Å². The molecular formula is C118H85BN6. The molecule has 2 aliphatic rings. The fourth-order valence-corrected chi connectivity index (χ4v) is 19.7. The van der Waals surface area contributed by atoms with Crippen molar-refractivity contribution in [2.24, 2.45) is 0 Å². The van der Waals surface area contributed by atoms with E-state index in [4.69, 9.17) is 6.57 Å². The van der Waals surface area contributed by atoms with Crippen LogP contribution in [-0.4, -0.2) is 15.8 Å². The van der Waals surface area contributed by atoms with Crippen LogP contribution in [0.3, 0.4) is 0 Å². The SMILES string of the molecule is [C-]#[N+]c1cccc(-c2cc(-c3cccc(-c4ccccc4)c3)c(N3c4cc(-n5c6ccccc6c6ccccc65)ccc4B4c5ccc(-n6c7ccccc7c7ccccc76)cc5N(c5c(-c6cccc(-c7ccccc7)c6)cc(-c6cccc(C#N)c6)cc5-c5cccc(C(C)(C)C)c5)c5cc(-c6ccccc6)cc3c54)c(-c3cccc(C(C)(C)C)c3)c2)c1. The van der Waals surface area contributed by atoms with Crippen molar-refractivity contribution < 1.29 is 0 Å². The van der Waals surface area contributed by atoms with Crippen molar-refractivity contribution in [3.05, 3.63) is 435 Å². The van der Waals surface area contributed by atoms with Crippen LogP contribution in [0.25, 0.3) is 160 Å². The summed E-state index contributed by atoms with van der Waals surface area (Å²) in [5.41, 5.74) is 37.6. The summed E-state index contributed by atoms with van der Waals surface area (Å²) in [7, 11) is 0. The van der Waals surface area contributed by atoms with Gasteiger partial charge in [0.1, 0.15) is 0 Å². The molecular weight excluding hydrogens is 1510 g/mol. The van der Waals surface area contributed by atoms with E-state index in [1.807, 2.05) is 30.3 Å². The van der Waals surface area contributed by atoms with E-state index in [1.165, 1.54) is 32.7 Å². The van der Waals surface area contributed by atoms with E-state index < -0.39 is 6.71 Å². The van der Waals surface area contributed by atoms with Crippen LogP contribution in [0.1, 0.15) is 58.2 Å². The quantitative estimate of drug-likeness (QED) is 0.0854. The average molecular weight is 1600 g/mol. The number of fused-ring (bicyclic) bond motifs is 10. The maximum absolute atomic E-state index is 10.8. The van der Waals surface area contributed by atoms with E-state index >= 15 is 0 Å². The normalized spacial score (nSPS) is 12.3. The van der Waals surface area contributed by atoms with E-state index in [0.29, 0.717) is 11.3 Å². The summed E-state index contributed by atoms with van der Waals surface area (Å²) in [6.45, 7) is 22.0. The average Bonchev–Trinajstić information content (AvgIpc) is 1.15. The first kappa shape index (κ1) is 75.4. The highest BCUT2D eigenvalue weighted by molar-refractivity contribution is 7.00. The zero-order chi connectivity index (χ0) is 84.3. The molecule has 0 amide bonds. The standard InChI is InChI=1S/C118H85BN6/c1-117(2,3)91-46-28-44-86(64-91)102-68-88(80-38-25-31-76(61-80)75-120)67-100(84-42-26-39-81(62-84)77-32-11-8-12-33-77)115(102)124-110-73-94(122-106-53-21-17-49-96(106)97-50-18-22-54-107(97)122)57-59-104(110)119-105-60-58-95(123-108-55-23-19-51-98(108)99-52-20-24-56-109(99)123)74-111(105)125(113-72-90(71-112(124)114(113)119)79-36-15-10-16-37-79)116-101(85-43-27-40-82(63-85)78-34-13-9-14-35-78)69-89(83-41-30-48-93(66-83)121-7)70-103(116)87-45-29-47-92(65-87)118(4,5)6/h8-74H,1-6H3. The van der Waals surface area contributed by atoms with Crippen LogP contribution in [0.2, 0.25) is 0 Å². The Morgan fingerprint density at radius 3 is 0.984 bits per heavy atom. The van der Waals surface area contributed by atoms with Gasteiger partial charge in [-0.2, -0.15) is 5.26 Å². The predicted octanol–water partition coefficient (Wildman–Crippen LogP) is 30.0. The highest BCUT2D eigenvalue weighted by Gasteiger charge is 2.46. The fourth-order valence-electron chi connectivity index (χ4n) is 19.7. The molecule has 20 aromatic rings. The number of anilines is 6. The van der Waals surface area contributed by atoms with Crippen LogP contribution >= 0.6 is 0 Å². The molecule has 0 bridgehead atoms. The third-order valence-corrected chi connectivity index (χ3v) is 25.8. The molecule has 4 heterocycles. The molecule has 0 fully saturated rings. The maximum Gasteiger partial charge on any atom is 0.252 e. The molecule has 0 spiro atoms. The number of nitrogens with zero attached hydrogens (tertiary/aromatic N) is 6. The van der Waals surface area contributed by atoms with Gasteiger partial charge in [-0.05, 0) is 231 Å². The Morgan fingerprint density at radius 2 is 0.592 bits per heavy atom. The van der Waals surface area contributed by atoms with Crippen LogP contribution in [0.15, 0.2) is 406 Å². The van der Waals surface area contributed by atoms with Crippen LogP contribution in [-0.2, 0) is 10.8 Å². The van der Waals surface area contributed by atoms with Crippen molar-refractivity contribution in [1.82, 2.24) is 9.13 Å². The number of benzene rings is 18. The fraction of sp³-hybridized carbons (Fsp3) is 0.0678. The topological polar surface area (TPSA) is 44.5 Å². The molecule has 0 saturated carbocycles. The smallest absolute Gasteiger partial charge is 0.252 e. The Bertz CT molecular complexity index is 7310. The van der Waals surface area contributed by atoms with E-state index in [9.17, 15) is 5.26 Å². The van der Waals surface area contributed by atoms with Gasteiger partial charge in [-0.1, -0.05) is 333 Å². The summed E-state index contributed by atoms with van der Waals surface area (Å²) >= 11 is 0. The van der Waals surface area contributed by atoms with Gasteiger partial charge in [0, 0.05) is 77.9 Å². The first-order valence-corrected chi connectivity index (χ1v) is 43.1. The summed E-state index contributed by atoms with van der Waals surface area (Å²) in [5.74, 6) is 0. The number of nitriles is 1. The Balaban J connectivity index is 0.948. The molecule has 0 atom stereocenters. The van der Waals surface area contributed by atoms with E-state index in [1.54, 1.807) is 0 Å². The van der Waals surface area contributed by atoms with Crippen molar-refractivity contribution in [1.29, 1.82) is 5.26 Å². The molecule has 7 heteroatoms. The molecule has 125 heavy (non-hydrogen) atoms. The van der Waals surface area contributed by atoms with E-state index in [0.717, 1.165) is 184 Å². The minimum absolute atomic E-state index is 0.235. The molecule has 0 N–H and O–H groups in total. The lowest BCUT2D eigenvalue weighted by molar-refractivity contribution is 0.590. The molecule has 2 aromatic heterocycles. The molecule has 2 aliphatic heterocycles. The van der Waals surface area contributed by atoms with Crippen LogP contribution in [0.5, 0.6) is 0 Å². The van der Waals surface area contributed by atoms with Gasteiger partial charge in [0.25, 0.3) is 6.71 Å². The van der Waals surface area contributed by atoms with Crippen LogP contribution in [0, 0.1) is 17.9 Å². The molecule has 0 saturated heterocycles. The molecule has 6 nitrogen and oxygen atoms in total. The third-order valence-electron chi connectivity index (χ3n) is 25.8. The largest absolute Gasteiger partial charge is 0.310 e. The van der Waals surface area contributed by atoms with E-state index in [2.05, 4.69) is 448 Å². The number of para-hydroxylation sites is 4. The number of hydrogen-bond acceptors (Lipinski definition) is 3. The Labute approximate surface area is 730 Å². The number of aromatic nitrogens is 2. The van der Waals surface area contributed by atoms with Gasteiger partial charge in [0.2, 0.25) is 0 Å². The van der Waals surface area contributed by atoms with Gasteiger partial charge < -0.3 is 18.9 Å². The Morgan fingerprint density at radius 1 is 0.272 bits per heavy atom.